The van der Waals surface area contributed by atoms with Gasteiger partial charge in [0.1, 0.15) is 36.3 Å². The molecule has 2 fully saturated rings. The van der Waals surface area contributed by atoms with Crippen molar-refractivity contribution in [2.45, 2.75) is 120 Å². The van der Waals surface area contributed by atoms with Gasteiger partial charge in [0.25, 0.3) is 0 Å². The van der Waals surface area contributed by atoms with Gasteiger partial charge in [-0.3, -0.25) is 4.90 Å². The highest BCUT2D eigenvalue weighted by Crippen LogP contribution is 2.38. The molecule has 7 atom stereocenters. The average Bonchev–Trinajstić information content (AvgIpc) is 1.78. The smallest absolute Gasteiger partial charge is 0.410 e. The zero-order valence-corrected chi connectivity index (χ0v) is 50.5. The fourth-order valence-corrected chi connectivity index (χ4v) is 14.9. The van der Waals surface area contributed by atoms with Crippen molar-refractivity contribution in [1.29, 1.82) is 0 Å². The second-order valence-corrected chi connectivity index (χ2v) is 27.8. The molecule has 4 aliphatic rings. The lowest BCUT2D eigenvalue weighted by molar-refractivity contribution is -0.0908. The number of sulfonamides is 2. The van der Waals surface area contributed by atoms with Crippen molar-refractivity contribution >= 4 is 48.8 Å². The molecule has 0 unspecified atom stereocenters. The van der Waals surface area contributed by atoms with Gasteiger partial charge in [-0.2, -0.15) is 8.61 Å². The quantitative estimate of drug-likeness (QED) is 0.0496. The van der Waals surface area contributed by atoms with Crippen LogP contribution in [0.2, 0.25) is 0 Å². The second kappa shape index (κ2) is 26.6. The largest absolute Gasteiger partial charge is 0.487 e. The van der Waals surface area contributed by atoms with Crippen LogP contribution in [0.3, 0.4) is 0 Å². The van der Waals surface area contributed by atoms with Gasteiger partial charge in [0.05, 0.1) is 74.6 Å². The van der Waals surface area contributed by atoms with Gasteiger partial charge in [0.2, 0.25) is 33.5 Å². The summed E-state index contributed by atoms with van der Waals surface area (Å²) in [6, 6.07) is 18.1. The Bertz CT molecular complexity index is 3420. The lowest BCUT2D eigenvalue weighted by atomic mass is 9.93. The van der Waals surface area contributed by atoms with E-state index < -0.39 is 95.3 Å². The van der Waals surface area contributed by atoms with Crippen LogP contribution in [0.15, 0.2) is 105 Å². The number of rotatable bonds is 27. The van der Waals surface area contributed by atoms with Crippen LogP contribution in [0.1, 0.15) is 72.1 Å². The SMILES string of the molecule is [2H]C1([2H])Oc2ccc(S(=O)(=O)N(CC(C)C)C[C@@H](O)[C@H](Cc3ccc(OCc4csc(C)n4)cc3)N(C(=O)O[C@H]3CO[C@H]4OCC[C@H]43)[C@@H](Cc3ccc(OCc4csc(C)n4)cc3)[C@H](O)CN(CC(C)C)S(=O)(=O)c3ccc4c(c3)OC([2H])([2H])O4)cc2O1. The Hall–Kier alpha value is -6.13. The van der Waals surface area contributed by atoms with Crippen molar-refractivity contribution in [3.8, 4) is 34.5 Å². The van der Waals surface area contributed by atoms with E-state index in [1.54, 1.807) is 76.2 Å². The van der Waals surface area contributed by atoms with Gasteiger partial charge in [-0.1, -0.05) is 52.0 Å². The van der Waals surface area contributed by atoms with E-state index >= 15 is 21.6 Å². The average molecular weight is 1240 g/mol. The fourth-order valence-electron chi connectivity index (χ4n) is 10.4. The third-order valence-corrected chi connectivity index (χ3v) is 19.8. The minimum atomic E-state index is -4.60. The number of amides is 1. The topological polar surface area (TPSA) is 244 Å². The minimum Gasteiger partial charge on any atom is -0.487 e. The van der Waals surface area contributed by atoms with Gasteiger partial charge >= 0.3 is 6.09 Å². The highest BCUT2D eigenvalue weighted by Gasteiger charge is 2.48. The van der Waals surface area contributed by atoms with Gasteiger partial charge in [0, 0.05) is 49.1 Å². The first kappa shape index (κ1) is 55.7. The van der Waals surface area contributed by atoms with E-state index in [1.807, 2.05) is 24.6 Å². The summed E-state index contributed by atoms with van der Waals surface area (Å²) >= 11 is 2.97. The molecule has 21 nitrogen and oxygen atoms in total. The maximum atomic E-state index is 16.0. The third-order valence-electron chi connectivity index (χ3n) is 14.5. The van der Waals surface area contributed by atoms with Crippen molar-refractivity contribution in [1.82, 2.24) is 23.5 Å². The first-order chi connectivity index (χ1) is 41.7. The molecule has 6 aromatic rings. The Morgan fingerprint density at radius 1 is 0.655 bits per heavy atom. The van der Waals surface area contributed by atoms with E-state index in [1.165, 1.54) is 51.8 Å². The van der Waals surface area contributed by atoms with Crippen LogP contribution in [0, 0.1) is 31.6 Å². The summed E-state index contributed by atoms with van der Waals surface area (Å²) in [4.78, 5) is 25.5. The summed E-state index contributed by atoms with van der Waals surface area (Å²) < 4.78 is 146. The molecule has 2 saturated heterocycles. The highest BCUT2D eigenvalue weighted by molar-refractivity contribution is 7.89. The number of aliphatic hydroxyl groups is 2. The summed E-state index contributed by atoms with van der Waals surface area (Å²) in [5, 5.41) is 32.1. The number of fused-ring (bicyclic) bond motifs is 3. The van der Waals surface area contributed by atoms with Gasteiger partial charge in [-0.15, -0.1) is 22.7 Å². The number of aromatic nitrogens is 2. The normalized spacial score (nSPS) is 20.7. The zero-order chi connectivity index (χ0) is 62.9. The zero-order valence-electron chi connectivity index (χ0n) is 51.2. The highest BCUT2D eigenvalue weighted by atomic mass is 32.2. The Balaban J connectivity index is 1.08. The molecular formula is C59H71N5O16S4. The summed E-state index contributed by atoms with van der Waals surface area (Å²) in [7, 11) is -9.20. The molecule has 25 heteroatoms. The lowest BCUT2D eigenvalue weighted by Gasteiger charge is -2.43. The number of ether oxygens (including phenoxy) is 9. The molecule has 0 radical (unpaired) electrons. The van der Waals surface area contributed by atoms with Crippen LogP contribution >= 0.6 is 22.7 Å². The number of carbonyl (C=O) groups excluding carboxylic acids is 1. The van der Waals surface area contributed by atoms with Crippen LogP contribution in [0.4, 0.5) is 4.79 Å². The third kappa shape index (κ3) is 14.6. The molecule has 10 rings (SSSR count). The number of nitrogens with zero attached hydrogens (tertiary/aromatic N) is 5. The van der Waals surface area contributed by atoms with Crippen LogP contribution in [0.5, 0.6) is 34.5 Å². The molecule has 4 aliphatic heterocycles. The number of carbonyl (C=O) groups is 1. The van der Waals surface area contributed by atoms with E-state index in [-0.39, 0.29) is 90.4 Å². The molecule has 2 aromatic heterocycles. The molecule has 6 heterocycles. The molecule has 1 amide bonds. The predicted octanol–water partition coefficient (Wildman–Crippen LogP) is 7.97. The maximum Gasteiger partial charge on any atom is 0.410 e. The summed E-state index contributed by atoms with van der Waals surface area (Å²) in [6.45, 7) is 4.77. The first-order valence-electron chi connectivity index (χ1n) is 29.6. The van der Waals surface area contributed by atoms with Gasteiger partial charge in [-0.25, -0.2) is 31.6 Å². The van der Waals surface area contributed by atoms with E-state index in [2.05, 4.69) is 9.97 Å². The molecule has 452 valence electrons. The van der Waals surface area contributed by atoms with Gasteiger partial charge in [-0.05, 0) is 105 Å². The molecular weight excluding hydrogens is 1160 g/mol. The van der Waals surface area contributed by atoms with Crippen molar-refractivity contribution < 1.29 is 80.0 Å². The summed E-state index contributed by atoms with van der Waals surface area (Å²) in [5.41, 5.74) is 2.51. The van der Waals surface area contributed by atoms with Gasteiger partial charge < -0.3 is 52.8 Å². The van der Waals surface area contributed by atoms with Crippen molar-refractivity contribution in [3.63, 3.8) is 0 Å². The van der Waals surface area contributed by atoms with Gasteiger partial charge in [0.15, 0.2) is 29.3 Å². The molecule has 84 heavy (non-hydrogen) atoms. The summed E-state index contributed by atoms with van der Waals surface area (Å²) in [6.07, 6.45) is -6.19. The number of benzene rings is 4. The van der Waals surface area contributed by atoms with Crippen molar-refractivity contribution in [2.75, 3.05) is 52.9 Å². The van der Waals surface area contributed by atoms with Crippen LogP contribution in [-0.4, -0.2) is 146 Å². The van der Waals surface area contributed by atoms with E-state index in [0.717, 1.165) is 42.1 Å². The maximum absolute atomic E-state index is 16.0. The van der Waals surface area contributed by atoms with E-state index in [9.17, 15) is 10.2 Å². The summed E-state index contributed by atoms with van der Waals surface area (Å²) in [5.74, 6) is -0.522. The Morgan fingerprint density at radius 3 is 1.54 bits per heavy atom. The number of thiazole rings is 2. The Morgan fingerprint density at radius 2 is 1.11 bits per heavy atom. The first-order valence-corrected chi connectivity index (χ1v) is 32.2. The van der Waals surface area contributed by atoms with Crippen molar-refractivity contribution in [2.24, 2.45) is 17.8 Å². The molecule has 0 bridgehead atoms. The monoisotopic (exact) mass is 1240 g/mol. The van der Waals surface area contributed by atoms with Crippen LogP contribution in [0.25, 0.3) is 0 Å². The molecule has 0 spiro atoms. The number of aryl methyl sites for hydroxylation is 2. The molecule has 4 aromatic carbocycles. The standard InChI is InChI=1S/C59H71N5O16S4/c1-36(2)25-62(83(68,69)46-15-17-53-55(23-46)78-34-76-53)27-51(65)49(21-40-7-11-44(12-8-40)73-29-42-32-81-38(5)60-42)64(59(67)80-57-31-75-58-48(57)19-20-72-58)50(22-41-9-13-45(14-10-41)74-30-43-33-82-39(6)61-43)52(66)28-63(26-37(3)4)84(70,71)47-16-18-54-56(24-47)79-35-77-54/h7-18,23-24,32-33,36-37,48-52,57-58,65-66H,19-22,25-31,34-35H2,1-6H3/t48-,49-,50-,51+,52+,57-,58+/m0/s1/i34D2,35D2. The molecule has 2 N–H and O–H groups in total. The molecule has 0 aliphatic carbocycles. The Kier molecular flexibility index (Phi) is 17.7. The lowest BCUT2D eigenvalue weighted by Crippen LogP contribution is -2.61. The molecule has 0 saturated carbocycles. The Labute approximate surface area is 503 Å². The van der Waals surface area contributed by atoms with E-state index in [4.69, 9.17) is 48.1 Å². The van der Waals surface area contributed by atoms with Crippen LogP contribution < -0.4 is 28.4 Å². The number of aliphatic hydroxyl groups excluding tert-OH is 2. The minimum absolute atomic E-state index is 0.0242. The number of hydrogen-bond acceptors (Lipinski definition) is 20. The number of hydrogen-bond donors (Lipinski definition) is 2. The van der Waals surface area contributed by atoms with E-state index in [0.29, 0.717) is 35.7 Å². The van der Waals surface area contributed by atoms with Crippen LogP contribution in [-0.2, 0) is 60.3 Å². The van der Waals surface area contributed by atoms with Crippen molar-refractivity contribution in [3.05, 3.63) is 128 Å². The fraction of sp³-hybridized carbons (Fsp3) is 0.475. The second-order valence-electron chi connectivity index (χ2n) is 21.8. The predicted molar refractivity (Wildman–Crippen MR) is 310 cm³/mol.